The van der Waals surface area contributed by atoms with Crippen LogP contribution in [0, 0.1) is 6.92 Å². The van der Waals surface area contributed by atoms with Gasteiger partial charge in [-0.1, -0.05) is 12.1 Å². The molecule has 2 rings (SSSR count). The highest BCUT2D eigenvalue weighted by Gasteiger charge is 2.25. The molecule has 1 atom stereocenters. The monoisotopic (exact) mass is 248 g/mol. The Labute approximate surface area is 108 Å². The zero-order valence-electron chi connectivity index (χ0n) is 11.2. The third kappa shape index (κ3) is 2.64. The van der Waals surface area contributed by atoms with E-state index in [1.54, 1.807) is 7.11 Å². The minimum Gasteiger partial charge on any atom is -0.496 e. The Morgan fingerprint density at radius 2 is 2.28 bits per heavy atom. The summed E-state index contributed by atoms with van der Waals surface area (Å²) in [5, 5.41) is 2.87. The van der Waals surface area contributed by atoms with Crippen molar-refractivity contribution in [1.82, 2.24) is 10.2 Å². The topological polar surface area (TPSA) is 41.6 Å². The molecule has 1 saturated heterocycles. The number of carbonyl (C=O) groups is 1. The molecule has 1 aliphatic rings. The van der Waals surface area contributed by atoms with Gasteiger partial charge < -0.3 is 10.1 Å². The molecule has 0 aromatic heterocycles. The largest absolute Gasteiger partial charge is 0.496 e. The highest BCUT2D eigenvalue weighted by atomic mass is 16.5. The fourth-order valence-electron chi connectivity index (χ4n) is 2.25. The molecule has 18 heavy (non-hydrogen) atoms. The van der Waals surface area contributed by atoms with Crippen molar-refractivity contribution in [2.24, 2.45) is 0 Å². The molecule has 0 saturated carbocycles. The summed E-state index contributed by atoms with van der Waals surface area (Å²) in [4.78, 5) is 13.8. The summed E-state index contributed by atoms with van der Waals surface area (Å²) in [5.74, 6) is 1.00. The quantitative estimate of drug-likeness (QED) is 0.877. The van der Waals surface area contributed by atoms with Crippen molar-refractivity contribution >= 4 is 5.91 Å². The first-order valence-corrected chi connectivity index (χ1v) is 6.27. The molecular weight excluding hydrogens is 228 g/mol. The van der Waals surface area contributed by atoms with Crippen LogP contribution in [0.2, 0.25) is 0 Å². The predicted molar refractivity (Wildman–Crippen MR) is 70.6 cm³/mol. The van der Waals surface area contributed by atoms with Gasteiger partial charge in [-0.05, 0) is 25.5 Å². The molecule has 1 N–H and O–H groups in total. The number of carbonyl (C=O) groups excluding carboxylic acids is 1. The summed E-state index contributed by atoms with van der Waals surface area (Å²) in [6, 6.07) is 6.11. The Kier molecular flexibility index (Phi) is 3.87. The van der Waals surface area contributed by atoms with Crippen LogP contribution in [-0.2, 0) is 11.3 Å². The summed E-state index contributed by atoms with van der Waals surface area (Å²) in [7, 11) is 1.69. The lowest BCUT2D eigenvalue weighted by molar-refractivity contribution is -0.128. The molecule has 1 aromatic carbocycles. The van der Waals surface area contributed by atoms with E-state index in [9.17, 15) is 4.79 Å². The number of hydrogen-bond acceptors (Lipinski definition) is 3. The van der Waals surface area contributed by atoms with Crippen molar-refractivity contribution in [3.8, 4) is 5.75 Å². The second-order valence-corrected chi connectivity index (χ2v) is 4.75. The minimum absolute atomic E-state index is 0.0789. The number of ether oxygens (including phenoxy) is 1. The Bertz CT molecular complexity index is 445. The Hall–Kier alpha value is -1.55. The normalized spacial score (nSPS) is 20.6. The van der Waals surface area contributed by atoms with Crippen LogP contribution >= 0.6 is 0 Å². The summed E-state index contributed by atoms with van der Waals surface area (Å²) in [5.41, 5.74) is 2.31. The molecule has 1 fully saturated rings. The van der Waals surface area contributed by atoms with Crippen LogP contribution in [-0.4, -0.2) is 37.0 Å². The Morgan fingerprint density at radius 3 is 3.00 bits per heavy atom. The molecule has 4 nitrogen and oxygen atoms in total. The van der Waals surface area contributed by atoms with Crippen molar-refractivity contribution in [3.63, 3.8) is 0 Å². The molecule has 1 amide bonds. The highest BCUT2D eigenvalue weighted by molar-refractivity contribution is 5.82. The lowest BCUT2D eigenvalue weighted by atomic mass is 10.1. The summed E-state index contributed by atoms with van der Waals surface area (Å²) in [6.45, 7) is 6.33. The van der Waals surface area contributed by atoms with Crippen molar-refractivity contribution < 1.29 is 9.53 Å². The highest BCUT2D eigenvalue weighted by Crippen LogP contribution is 2.22. The zero-order valence-corrected chi connectivity index (χ0v) is 11.2. The van der Waals surface area contributed by atoms with Gasteiger partial charge in [-0.2, -0.15) is 0 Å². The van der Waals surface area contributed by atoms with E-state index in [4.69, 9.17) is 4.74 Å². The average molecular weight is 248 g/mol. The van der Waals surface area contributed by atoms with Crippen molar-refractivity contribution in [1.29, 1.82) is 0 Å². The molecule has 1 unspecified atom stereocenters. The smallest absolute Gasteiger partial charge is 0.237 e. The van der Waals surface area contributed by atoms with Gasteiger partial charge in [0.05, 0.1) is 13.2 Å². The van der Waals surface area contributed by atoms with Crippen LogP contribution in [0.25, 0.3) is 0 Å². The van der Waals surface area contributed by atoms with E-state index in [0.717, 1.165) is 30.9 Å². The molecule has 4 heteroatoms. The van der Waals surface area contributed by atoms with Gasteiger partial charge in [-0.25, -0.2) is 0 Å². The molecule has 0 aliphatic carbocycles. The van der Waals surface area contributed by atoms with Crippen molar-refractivity contribution in [2.45, 2.75) is 26.4 Å². The lowest BCUT2D eigenvalue weighted by Crippen LogP contribution is -2.53. The summed E-state index contributed by atoms with van der Waals surface area (Å²) >= 11 is 0. The number of aryl methyl sites for hydroxylation is 1. The Morgan fingerprint density at radius 1 is 1.50 bits per heavy atom. The van der Waals surface area contributed by atoms with E-state index < -0.39 is 0 Å². The number of benzene rings is 1. The van der Waals surface area contributed by atoms with Gasteiger partial charge in [-0.3, -0.25) is 9.69 Å². The van der Waals surface area contributed by atoms with Gasteiger partial charge in [0, 0.05) is 25.2 Å². The van der Waals surface area contributed by atoms with Gasteiger partial charge in [0.2, 0.25) is 5.91 Å². The third-order valence-corrected chi connectivity index (χ3v) is 3.44. The predicted octanol–water partition coefficient (Wildman–Crippen LogP) is 1.32. The van der Waals surface area contributed by atoms with Gasteiger partial charge >= 0.3 is 0 Å². The van der Waals surface area contributed by atoms with E-state index in [1.807, 2.05) is 19.9 Å². The molecule has 1 aromatic rings. The number of nitrogens with zero attached hydrogens (tertiary/aromatic N) is 1. The third-order valence-electron chi connectivity index (χ3n) is 3.44. The van der Waals surface area contributed by atoms with Crippen LogP contribution in [0.3, 0.4) is 0 Å². The lowest BCUT2D eigenvalue weighted by Gasteiger charge is -2.33. The summed E-state index contributed by atoms with van der Waals surface area (Å²) in [6.07, 6.45) is 0. The second-order valence-electron chi connectivity index (χ2n) is 4.75. The maximum absolute atomic E-state index is 11.6. The number of piperazine rings is 1. The van der Waals surface area contributed by atoms with Crippen LogP contribution in [0.1, 0.15) is 18.1 Å². The van der Waals surface area contributed by atoms with Gasteiger partial charge in [0.1, 0.15) is 5.75 Å². The standard InChI is InChI=1S/C14H20N2O2/c1-10-4-5-12(13(8-10)18-3)9-16-7-6-15-14(17)11(16)2/h4-5,8,11H,6-7,9H2,1-3H3,(H,15,17). The van der Waals surface area contributed by atoms with E-state index in [0.29, 0.717) is 0 Å². The van der Waals surface area contributed by atoms with Gasteiger partial charge in [0.15, 0.2) is 0 Å². The van der Waals surface area contributed by atoms with Crippen LogP contribution < -0.4 is 10.1 Å². The number of hydrogen-bond donors (Lipinski definition) is 1. The summed E-state index contributed by atoms with van der Waals surface area (Å²) < 4.78 is 5.40. The van der Waals surface area contributed by atoms with Crippen LogP contribution in [0.5, 0.6) is 5.75 Å². The molecule has 1 aliphatic heterocycles. The second kappa shape index (κ2) is 5.40. The SMILES string of the molecule is COc1cc(C)ccc1CN1CCNC(=O)C1C. The molecule has 0 bridgehead atoms. The zero-order chi connectivity index (χ0) is 13.1. The van der Waals surface area contributed by atoms with E-state index in [-0.39, 0.29) is 11.9 Å². The minimum atomic E-state index is -0.0789. The molecule has 98 valence electrons. The van der Waals surface area contributed by atoms with E-state index in [1.165, 1.54) is 5.56 Å². The fraction of sp³-hybridized carbons (Fsp3) is 0.500. The molecule has 0 radical (unpaired) electrons. The van der Waals surface area contributed by atoms with Crippen LogP contribution in [0.4, 0.5) is 0 Å². The molecule has 1 heterocycles. The first-order chi connectivity index (χ1) is 8.61. The fourth-order valence-corrected chi connectivity index (χ4v) is 2.25. The number of amides is 1. The Balaban J connectivity index is 2.15. The molecule has 0 spiro atoms. The first-order valence-electron chi connectivity index (χ1n) is 6.27. The average Bonchev–Trinajstić information content (AvgIpc) is 2.37. The molecular formula is C14H20N2O2. The van der Waals surface area contributed by atoms with Gasteiger partial charge in [-0.15, -0.1) is 0 Å². The number of rotatable bonds is 3. The maximum atomic E-state index is 11.6. The number of nitrogens with one attached hydrogen (secondary N) is 1. The van der Waals surface area contributed by atoms with E-state index in [2.05, 4.69) is 22.3 Å². The first kappa shape index (κ1) is 12.9. The van der Waals surface area contributed by atoms with Crippen LogP contribution in [0.15, 0.2) is 18.2 Å². The van der Waals surface area contributed by atoms with Crippen molar-refractivity contribution in [3.05, 3.63) is 29.3 Å². The van der Waals surface area contributed by atoms with Gasteiger partial charge in [0.25, 0.3) is 0 Å². The number of methoxy groups -OCH3 is 1. The van der Waals surface area contributed by atoms with Crippen molar-refractivity contribution in [2.75, 3.05) is 20.2 Å². The van der Waals surface area contributed by atoms with E-state index >= 15 is 0 Å². The maximum Gasteiger partial charge on any atom is 0.237 e.